The molecule has 1 heterocycles. The van der Waals surface area contributed by atoms with Crippen molar-refractivity contribution in [3.8, 4) is 0 Å². The highest BCUT2D eigenvalue weighted by Gasteiger charge is 2.32. The number of aromatic nitrogens is 1. The molecule has 21 heavy (non-hydrogen) atoms. The van der Waals surface area contributed by atoms with Crippen molar-refractivity contribution in [1.82, 2.24) is 10.3 Å². The molecule has 2 nitrogen and oxygen atoms in total. The molecular weight excluding hydrogens is 300 g/mol. The van der Waals surface area contributed by atoms with Gasteiger partial charge in [-0.1, -0.05) is 32.4 Å². The van der Waals surface area contributed by atoms with Crippen molar-refractivity contribution in [3.05, 3.63) is 23.4 Å². The van der Waals surface area contributed by atoms with E-state index in [9.17, 15) is 0 Å². The van der Waals surface area contributed by atoms with Crippen LogP contribution in [0.15, 0.2) is 23.4 Å². The lowest BCUT2D eigenvalue weighted by molar-refractivity contribution is 0.246. The van der Waals surface area contributed by atoms with E-state index in [1.165, 1.54) is 25.7 Å². The highest BCUT2D eigenvalue weighted by Crippen LogP contribution is 2.38. The van der Waals surface area contributed by atoms with Gasteiger partial charge in [0.2, 0.25) is 0 Å². The number of halogens is 1. The summed E-state index contributed by atoms with van der Waals surface area (Å²) in [5, 5.41) is 6.16. The minimum Gasteiger partial charge on any atom is -0.313 e. The van der Waals surface area contributed by atoms with Gasteiger partial charge in [0.1, 0.15) is 0 Å². The summed E-state index contributed by atoms with van der Waals surface area (Å²) < 4.78 is 0. The average Bonchev–Trinajstić information content (AvgIpc) is 2.48. The first kappa shape index (κ1) is 17.1. The number of thioether (sulfide) groups is 1. The molecular formula is C17H27ClN2S. The van der Waals surface area contributed by atoms with Gasteiger partial charge in [0, 0.05) is 17.5 Å². The summed E-state index contributed by atoms with van der Waals surface area (Å²) in [4.78, 5) is 4.46. The van der Waals surface area contributed by atoms with Crippen LogP contribution in [0.3, 0.4) is 0 Å². The van der Waals surface area contributed by atoms with E-state index >= 15 is 0 Å². The van der Waals surface area contributed by atoms with Crippen molar-refractivity contribution >= 4 is 23.4 Å². The molecule has 0 radical (unpaired) electrons. The molecule has 0 aliphatic heterocycles. The van der Waals surface area contributed by atoms with Gasteiger partial charge in [0.15, 0.2) is 0 Å². The van der Waals surface area contributed by atoms with Crippen LogP contribution in [0.25, 0.3) is 0 Å². The van der Waals surface area contributed by atoms with Gasteiger partial charge in [-0.3, -0.25) is 0 Å². The van der Waals surface area contributed by atoms with Crippen molar-refractivity contribution in [2.24, 2.45) is 11.8 Å². The molecule has 1 aromatic heterocycles. The lowest BCUT2D eigenvalue weighted by Gasteiger charge is -2.38. The second kappa shape index (κ2) is 8.40. The Balaban J connectivity index is 2.03. The van der Waals surface area contributed by atoms with Gasteiger partial charge in [0.05, 0.1) is 10.0 Å². The Morgan fingerprint density at radius 3 is 2.81 bits per heavy atom. The van der Waals surface area contributed by atoms with Gasteiger partial charge in [-0.15, -0.1) is 11.8 Å². The van der Waals surface area contributed by atoms with Gasteiger partial charge in [0.25, 0.3) is 0 Å². The molecule has 1 N–H and O–H groups in total. The van der Waals surface area contributed by atoms with Crippen LogP contribution in [-0.4, -0.2) is 22.8 Å². The second-order valence-electron chi connectivity index (χ2n) is 6.35. The summed E-state index contributed by atoms with van der Waals surface area (Å²) >= 11 is 7.85. The Morgan fingerprint density at radius 2 is 2.19 bits per heavy atom. The fourth-order valence-corrected chi connectivity index (χ4v) is 4.47. The molecule has 0 amide bonds. The Labute approximate surface area is 138 Å². The molecule has 1 aliphatic rings. The third kappa shape index (κ3) is 5.15. The van der Waals surface area contributed by atoms with Crippen LogP contribution in [0.1, 0.15) is 46.5 Å². The zero-order valence-corrected chi connectivity index (χ0v) is 14.9. The summed E-state index contributed by atoms with van der Waals surface area (Å²) in [6, 6.07) is 4.60. The topological polar surface area (TPSA) is 24.9 Å². The van der Waals surface area contributed by atoms with E-state index in [4.69, 9.17) is 11.6 Å². The minimum absolute atomic E-state index is 0.613. The molecule has 0 saturated heterocycles. The minimum atomic E-state index is 0.613. The van der Waals surface area contributed by atoms with Crippen molar-refractivity contribution in [2.45, 2.75) is 62.8 Å². The Morgan fingerprint density at radius 1 is 1.38 bits per heavy atom. The van der Waals surface area contributed by atoms with E-state index in [2.05, 4.69) is 31.1 Å². The highest BCUT2D eigenvalue weighted by atomic mass is 35.5. The maximum Gasteiger partial charge on any atom is 0.0964 e. The summed E-state index contributed by atoms with van der Waals surface area (Å²) in [7, 11) is 0. The molecule has 1 aliphatic carbocycles. The Kier molecular flexibility index (Phi) is 6.84. The molecule has 4 heteroatoms. The van der Waals surface area contributed by atoms with Crippen LogP contribution < -0.4 is 5.32 Å². The van der Waals surface area contributed by atoms with Gasteiger partial charge < -0.3 is 5.32 Å². The van der Waals surface area contributed by atoms with Gasteiger partial charge in [-0.2, -0.15) is 0 Å². The van der Waals surface area contributed by atoms with E-state index in [-0.39, 0.29) is 0 Å². The predicted molar refractivity (Wildman–Crippen MR) is 93.2 cm³/mol. The molecule has 0 aromatic carbocycles. The fourth-order valence-electron chi connectivity index (χ4n) is 3.05. The van der Waals surface area contributed by atoms with E-state index in [1.54, 1.807) is 6.20 Å². The number of nitrogens with zero attached hydrogens (tertiary/aromatic N) is 1. The molecule has 0 spiro atoms. The Hall–Kier alpha value is -0.250. The number of pyridine rings is 1. The van der Waals surface area contributed by atoms with E-state index in [0.717, 1.165) is 23.4 Å². The first-order chi connectivity index (χ1) is 10.1. The highest BCUT2D eigenvalue weighted by molar-refractivity contribution is 7.99. The molecule has 1 aromatic rings. The van der Waals surface area contributed by atoms with Crippen molar-refractivity contribution < 1.29 is 0 Å². The van der Waals surface area contributed by atoms with Gasteiger partial charge in [-0.05, 0) is 56.2 Å². The van der Waals surface area contributed by atoms with Crippen LogP contribution in [0.5, 0.6) is 0 Å². The number of hydrogen-bond donors (Lipinski definition) is 1. The number of rotatable bonds is 6. The largest absolute Gasteiger partial charge is 0.313 e. The molecule has 2 rings (SSSR count). The normalized spacial score (nSPS) is 26.2. The SMILES string of the molecule is CCCNC1CCC(C(C)C)CC1Sc1ccc(Cl)cn1. The van der Waals surface area contributed by atoms with Gasteiger partial charge in [-0.25, -0.2) is 4.98 Å². The molecule has 0 bridgehead atoms. The van der Waals surface area contributed by atoms with Crippen LogP contribution in [0.2, 0.25) is 5.02 Å². The lowest BCUT2D eigenvalue weighted by Crippen LogP contribution is -2.43. The molecule has 3 unspecified atom stereocenters. The van der Waals surface area contributed by atoms with E-state index in [1.807, 2.05) is 23.9 Å². The first-order valence-electron chi connectivity index (χ1n) is 8.11. The molecule has 118 valence electrons. The zero-order chi connectivity index (χ0) is 15.2. The summed E-state index contributed by atoms with van der Waals surface area (Å²) in [5.74, 6) is 1.62. The van der Waals surface area contributed by atoms with E-state index in [0.29, 0.717) is 16.3 Å². The number of hydrogen-bond acceptors (Lipinski definition) is 3. The second-order valence-corrected chi connectivity index (χ2v) is 8.04. The summed E-state index contributed by atoms with van der Waals surface area (Å²) in [5.41, 5.74) is 0. The maximum atomic E-state index is 5.93. The zero-order valence-electron chi connectivity index (χ0n) is 13.3. The van der Waals surface area contributed by atoms with Gasteiger partial charge >= 0.3 is 0 Å². The Bertz CT molecular complexity index is 421. The van der Waals surface area contributed by atoms with Crippen LogP contribution >= 0.6 is 23.4 Å². The van der Waals surface area contributed by atoms with Crippen LogP contribution in [-0.2, 0) is 0 Å². The quantitative estimate of drug-likeness (QED) is 0.794. The lowest BCUT2D eigenvalue weighted by atomic mass is 9.79. The van der Waals surface area contributed by atoms with Crippen molar-refractivity contribution in [1.29, 1.82) is 0 Å². The van der Waals surface area contributed by atoms with Crippen molar-refractivity contribution in [3.63, 3.8) is 0 Å². The maximum absolute atomic E-state index is 5.93. The monoisotopic (exact) mass is 326 g/mol. The smallest absolute Gasteiger partial charge is 0.0964 e. The fraction of sp³-hybridized carbons (Fsp3) is 0.706. The van der Waals surface area contributed by atoms with Crippen LogP contribution in [0.4, 0.5) is 0 Å². The first-order valence-corrected chi connectivity index (χ1v) is 9.37. The summed E-state index contributed by atoms with van der Waals surface area (Å²) in [6.45, 7) is 8.05. The average molecular weight is 327 g/mol. The standard InChI is InChI=1S/C17H27ClN2S/c1-4-9-19-15-7-5-13(12(2)3)10-16(15)21-17-8-6-14(18)11-20-17/h6,8,11-13,15-16,19H,4-5,7,9-10H2,1-3H3. The van der Waals surface area contributed by atoms with Crippen molar-refractivity contribution in [2.75, 3.05) is 6.54 Å². The van der Waals surface area contributed by atoms with Crippen LogP contribution in [0, 0.1) is 11.8 Å². The molecule has 3 atom stereocenters. The predicted octanol–water partition coefficient (Wildman–Crippen LogP) is 5.02. The third-order valence-electron chi connectivity index (χ3n) is 4.40. The third-order valence-corrected chi connectivity index (χ3v) is 5.93. The summed E-state index contributed by atoms with van der Waals surface area (Å²) in [6.07, 6.45) is 6.87. The molecule has 1 fully saturated rings. The van der Waals surface area contributed by atoms with E-state index < -0.39 is 0 Å². The number of nitrogens with one attached hydrogen (secondary N) is 1. The molecule has 1 saturated carbocycles.